The van der Waals surface area contributed by atoms with Crippen molar-refractivity contribution in [1.29, 1.82) is 0 Å². The van der Waals surface area contributed by atoms with Gasteiger partial charge < -0.3 is 10.0 Å². The van der Waals surface area contributed by atoms with Gasteiger partial charge in [0, 0.05) is 0 Å². The van der Waals surface area contributed by atoms with Crippen LogP contribution < -0.4 is 0 Å². The Balaban J connectivity index is 3.13. The van der Waals surface area contributed by atoms with Gasteiger partial charge >= 0.3 is 12.1 Å². The smallest absolute Gasteiger partial charge is 0.406 e. The molecule has 0 radical (unpaired) electrons. The van der Waals surface area contributed by atoms with Gasteiger partial charge in [-0.2, -0.15) is 13.2 Å². The molecule has 0 fully saturated rings. The summed E-state index contributed by atoms with van der Waals surface area (Å²) < 4.78 is 50.4. The summed E-state index contributed by atoms with van der Waals surface area (Å²) in [6.07, 6.45) is -4.82. The Bertz CT molecular complexity index is 513. The maximum Gasteiger partial charge on any atom is 0.406 e. The minimum atomic E-state index is -4.82. The standard InChI is InChI=1S/C11H8ClF4NO3/c12-6-2-1-3-7(13)9(6)10(20)17(4-8(18)19)5-11(14,15)16/h1-3H,4-5H2,(H,18,19). The van der Waals surface area contributed by atoms with Gasteiger partial charge in [-0.05, 0) is 12.1 Å². The molecule has 0 aromatic heterocycles. The van der Waals surface area contributed by atoms with E-state index in [0.717, 1.165) is 12.1 Å². The Labute approximate surface area is 115 Å². The van der Waals surface area contributed by atoms with Gasteiger partial charge in [0.2, 0.25) is 0 Å². The molecule has 1 amide bonds. The Kier molecular flexibility index (Phi) is 4.93. The van der Waals surface area contributed by atoms with E-state index in [4.69, 9.17) is 16.7 Å². The third-order valence-corrected chi connectivity index (χ3v) is 2.48. The van der Waals surface area contributed by atoms with Crippen LogP contribution in [-0.4, -0.2) is 41.1 Å². The molecule has 0 spiro atoms. The molecule has 0 saturated heterocycles. The number of carbonyl (C=O) groups is 2. The van der Waals surface area contributed by atoms with Gasteiger partial charge in [0.25, 0.3) is 5.91 Å². The summed E-state index contributed by atoms with van der Waals surface area (Å²) in [6.45, 7) is -3.04. The fourth-order valence-electron chi connectivity index (χ4n) is 1.44. The Hall–Kier alpha value is -1.83. The first-order valence-electron chi connectivity index (χ1n) is 5.13. The molecule has 0 atom stereocenters. The van der Waals surface area contributed by atoms with E-state index in [-0.39, 0.29) is 4.90 Å². The lowest BCUT2D eigenvalue weighted by Crippen LogP contribution is -2.42. The molecular formula is C11H8ClF4NO3. The highest BCUT2D eigenvalue weighted by Gasteiger charge is 2.35. The molecule has 1 aromatic rings. The average Bonchev–Trinajstić information content (AvgIpc) is 2.25. The second kappa shape index (κ2) is 6.08. The predicted octanol–water partition coefficient (Wildman–Crippen LogP) is 2.57. The molecule has 0 unspecified atom stereocenters. The average molecular weight is 314 g/mol. The summed E-state index contributed by atoms with van der Waals surface area (Å²) in [5.41, 5.74) is -0.792. The first-order chi connectivity index (χ1) is 9.11. The molecule has 9 heteroatoms. The second-order valence-corrected chi connectivity index (χ2v) is 4.17. The predicted molar refractivity (Wildman–Crippen MR) is 61.0 cm³/mol. The fourth-order valence-corrected chi connectivity index (χ4v) is 1.68. The van der Waals surface area contributed by atoms with E-state index in [1.807, 2.05) is 0 Å². The fraction of sp³-hybridized carbons (Fsp3) is 0.273. The molecule has 1 N–H and O–H groups in total. The number of rotatable bonds is 4. The van der Waals surface area contributed by atoms with E-state index >= 15 is 0 Å². The van der Waals surface area contributed by atoms with Crippen LogP contribution in [0.5, 0.6) is 0 Å². The highest BCUT2D eigenvalue weighted by molar-refractivity contribution is 6.33. The molecule has 4 nitrogen and oxygen atoms in total. The van der Waals surface area contributed by atoms with Crippen molar-refractivity contribution in [3.8, 4) is 0 Å². The third kappa shape index (κ3) is 4.37. The first kappa shape index (κ1) is 16.2. The molecular weight excluding hydrogens is 306 g/mol. The van der Waals surface area contributed by atoms with Crippen LogP contribution in [0.15, 0.2) is 18.2 Å². The lowest BCUT2D eigenvalue weighted by molar-refractivity contribution is -0.149. The quantitative estimate of drug-likeness (QED) is 0.869. The van der Waals surface area contributed by atoms with Gasteiger partial charge in [0.15, 0.2) is 0 Å². The summed E-state index contributed by atoms with van der Waals surface area (Å²) >= 11 is 5.56. The molecule has 1 rings (SSSR count). The number of halogens is 5. The van der Waals surface area contributed by atoms with Crippen molar-refractivity contribution in [2.75, 3.05) is 13.1 Å². The number of benzene rings is 1. The van der Waals surface area contributed by atoms with Gasteiger partial charge in [0.1, 0.15) is 18.9 Å². The first-order valence-corrected chi connectivity index (χ1v) is 5.51. The van der Waals surface area contributed by atoms with E-state index in [0.29, 0.717) is 0 Å². The van der Waals surface area contributed by atoms with Crippen LogP contribution in [0.25, 0.3) is 0 Å². The molecule has 0 aliphatic rings. The van der Waals surface area contributed by atoms with Crippen LogP contribution in [0.4, 0.5) is 17.6 Å². The van der Waals surface area contributed by atoms with Gasteiger partial charge in [-0.15, -0.1) is 0 Å². The summed E-state index contributed by atoms with van der Waals surface area (Å²) in [5, 5.41) is 8.13. The Morgan fingerprint density at radius 3 is 2.35 bits per heavy atom. The Morgan fingerprint density at radius 1 is 1.30 bits per heavy atom. The number of carboxylic acid groups (broad SMARTS) is 1. The topological polar surface area (TPSA) is 57.6 Å². The van der Waals surface area contributed by atoms with Crippen molar-refractivity contribution >= 4 is 23.5 Å². The number of carboxylic acids is 1. The van der Waals surface area contributed by atoms with Crippen molar-refractivity contribution < 1.29 is 32.3 Å². The zero-order valence-corrected chi connectivity index (χ0v) is 10.5. The summed E-state index contributed by atoms with van der Waals surface area (Å²) in [6, 6.07) is 3.12. The van der Waals surface area contributed by atoms with E-state index in [9.17, 15) is 27.2 Å². The van der Waals surface area contributed by atoms with E-state index in [1.165, 1.54) is 6.07 Å². The molecule has 0 heterocycles. The number of aliphatic carboxylic acids is 1. The molecule has 1 aromatic carbocycles. The van der Waals surface area contributed by atoms with Gasteiger partial charge in [-0.1, -0.05) is 17.7 Å². The highest BCUT2D eigenvalue weighted by atomic mass is 35.5. The minimum Gasteiger partial charge on any atom is -0.480 e. The van der Waals surface area contributed by atoms with Crippen LogP contribution >= 0.6 is 11.6 Å². The van der Waals surface area contributed by atoms with Gasteiger partial charge in [-0.3, -0.25) is 9.59 Å². The Morgan fingerprint density at radius 2 is 1.90 bits per heavy atom. The molecule has 0 bridgehead atoms. The number of alkyl halides is 3. The molecule has 0 saturated carbocycles. The number of hydrogen-bond acceptors (Lipinski definition) is 2. The number of nitrogens with zero attached hydrogens (tertiary/aromatic N) is 1. The van der Waals surface area contributed by atoms with Crippen LogP contribution in [-0.2, 0) is 4.79 Å². The zero-order chi connectivity index (χ0) is 15.5. The largest absolute Gasteiger partial charge is 0.480 e. The summed E-state index contributed by atoms with van der Waals surface area (Å²) in [5.74, 6) is -4.22. The van der Waals surface area contributed by atoms with Crippen molar-refractivity contribution in [2.24, 2.45) is 0 Å². The lowest BCUT2D eigenvalue weighted by Gasteiger charge is -2.22. The van der Waals surface area contributed by atoms with Crippen LogP contribution in [0.3, 0.4) is 0 Å². The lowest BCUT2D eigenvalue weighted by atomic mass is 10.2. The van der Waals surface area contributed by atoms with Gasteiger partial charge in [-0.25, -0.2) is 4.39 Å². The van der Waals surface area contributed by atoms with E-state index in [1.54, 1.807) is 0 Å². The van der Waals surface area contributed by atoms with E-state index < -0.39 is 47.5 Å². The summed E-state index contributed by atoms with van der Waals surface area (Å²) in [4.78, 5) is 22.3. The van der Waals surface area contributed by atoms with Crippen molar-refractivity contribution in [3.05, 3.63) is 34.6 Å². The van der Waals surface area contributed by atoms with Crippen LogP contribution in [0.2, 0.25) is 5.02 Å². The summed E-state index contributed by atoms with van der Waals surface area (Å²) in [7, 11) is 0. The van der Waals surface area contributed by atoms with Crippen LogP contribution in [0.1, 0.15) is 10.4 Å². The monoisotopic (exact) mass is 313 g/mol. The maximum absolute atomic E-state index is 13.5. The third-order valence-electron chi connectivity index (χ3n) is 2.16. The van der Waals surface area contributed by atoms with Crippen molar-refractivity contribution in [3.63, 3.8) is 0 Å². The number of amides is 1. The number of carbonyl (C=O) groups excluding carboxylic acids is 1. The molecule has 20 heavy (non-hydrogen) atoms. The SMILES string of the molecule is O=C(O)CN(CC(F)(F)F)C(=O)c1c(F)cccc1Cl. The second-order valence-electron chi connectivity index (χ2n) is 3.77. The van der Waals surface area contributed by atoms with Crippen molar-refractivity contribution in [2.45, 2.75) is 6.18 Å². The molecule has 0 aliphatic carbocycles. The molecule has 110 valence electrons. The zero-order valence-electron chi connectivity index (χ0n) is 9.75. The van der Waals surface area contributed by atoms with E-state index in [2.05, 4.69) is 0 Å². The number of hydrogen-bond donors (Lipinski definition) is 1. The maximum atomic E-state index is 13.5. The highest BCUT2D eigenvalue weighted by Crippen LogP contribution is 2.23. The minimum absolute atomic E-state index is 0.0351. The van der Waals surface area contributed by atoms with Crippen LogP contribution in [0, 0.1) is 5.82 Å². The van der Waals surface area contributed by atoms with Gasteiger partial charge in [0.05, 0.1) is 10.6 Å². The molecule has 0 aliphatic heterocycles. The van der Waals surface area contributed by atoms with Crippen molar-refractivity contribution in [1.82, 2.24) is 4.90 Å². The normalized spacial score (nSPS) is 11.2.